The van der Waals surface area contributed by atoms with E-state index in [9.17, 15) is 18.3 Å². The second-order valence-electron chi connectivity index (χ2n) is 5.26. The summed E-state index contributed by atoms with van der Waals surface area (Å²) in [7, 11) is 0. The van der Waals surface area contributed by atoms with Gasteiger partial charge in [0, 0.05) is 6.04 Å². The van der Waals surface area contributed by atoms with Crippen LogP contribution in [0.15, 0.2) is 12.1 Å². The van der Waals surface area contributed by atoms with Crippen LogP contribution in [0.5, 0.6) is 0 Å². The van der Waals surface area contributed by atoms with Crippen LogP contribution < -0.4 is 4.90 Å². The Morgan fingerprint density at radius 1 is 1.26 bits per heavy atom. The van der Waals surface area contributed by atoms with Gasteiger partial charge < -0.3 is 10.0 Å². The number of aromatic nitrogens is 2. The third-order valence-electron chi connectivity index (χ3n) is 4.24. The Labute approximate surface area is 108 Å². The lowest BCUT2D eigenvalue weighted by atomic mass is 9.88. The molecule has 2 aliphatic heterocycles. The molecule has 0 unspecified atom stereocenters. The van der Waals surface area contributed by atoms with Crippen molar-refractivity contribution in [3.05, 3.63) is 17.8 Å². The van der Waals surface area contributed by atoms with E-state index >= 15 is 0 Å². The summed E-state index contributed by atoms with van der Waals surface area (Å²) in [6.45, 7) is 0.00615. The van der Waals surface area contributed by atoms with E-state index in [1.807, 2.05) is 4.90 Å². The smallest absolute Gasteiger partial charge is 0.394 e. The highest BCUT2D eigenvalue weighted by Gasteiger charge is 2.52. The fraction of sp³-hybridized carbons (Fsp3) is 0.667. The van der Waals surface area contributed by atoms with E-state index in [4.69, 9.17) is 0 Å². The van der Waals surface area contributed by atoms with Crippen molar-refractivity contribution in [3.63, 3.8) is 0 Å². The molecule has 0 saturated carbocycles. The fourth-order valence-electron chi connectivity index (χ4n) is 3.30. The molecule has 104 valence electrons. The van der Waals surface area contributed by atoms with E-state index in [-0.39, 0.29) is 18.2 Å². The molecule has 0 spiro atoms. The van der Waals surface area contributed by atoms with E-state index < -0.39 is 11.9 Å². The molecule has 19 heavy (non-hydrogen) atoms. The Morgan fingerprint density at radius 3 is 2.42 bits per heavy atom. The second-order valence-corrected chi connectivity index (χ2v) is 5.26. The lowest BCUT2D eigenvalue weighted by Crippen LogP contribution is -2.45. The van der Waals surface area contributed by atoms with Crippen LogP contribution in [0.2, 0.25) is 0 Å². The lowest BCUT2D eigenvalue weighted by Gasteiger charge is -2.33. The summed E-state index contributed by atoms with van der Waals surface area (Å²) >= 11 is 0. The van der Waals surface area contributed by atoms with Crippen LogP contribution in [0.25, 0.3) is 0 Å². The molecule has 0 atom stereocenters. The van der Waals surface area contributed by atoms with Gasteiger partial charge in [-0.3, -0.25) is 0 Å². The number of halogens is 3. The number of hydrogen-bond acceptors (Lipinski definition) is 4. The maximum absolute atomic E-state index is 12.4. The third kappa shape index (κ3) is 1.87. The minimum atomic E-state index is -4.47. The van der Waals surface area contributed by atoms with Crippen LogP contribution >= 0.6 is 0 Å². The van der Waals surface area contributed by atoms with Crippen LogP contribution in [-0.4, -0.2) is 33.5 Å². The summed E-state index contributed by atoms with van der Waals surface area (Å²) in [6, 6.07) is 2.56. The number of anilines is 1. The van der Waals surface area contributed by atoms with Gasteiger partial charge in [-0.2, -0.15) is 13.2 Å². The largest absolute Gasteiger partial charge is 0.435 e. The highest BCUT2D eigenvalue weighted by molar-refractivity contribution is 5.47. The Morgan fingerprint density at radius 2 is 1.95 bits per heavy atom. The summed E-state index contributed by atoms with van der Waals surface area (Å²) in [5.74, 6) is 0.432. The summed E-state index contributed by atoms with van der Waals surface area (Å²) < 4.78 is 37.3. The maximum atomic E-state index is 12.4. The summed E-state index contributed by atoms with van der Waals surface area (Å²) in [6.07, 6.45) is -0.857. The molecule has 1 aromatic heterocycles. The van der Waals surface area contributed by atoms with Gasteiger partial charge in [0.05, 0.1) is 12.1 Å². The molecule has 0 amide bonds. The minimum Gasteiger partial charge on any atom is -0.394 e. The van der Waals surface area contributed by atoms with E-state index in [0.29, 0.717) is 5.82 Å². The molecule has 7 heteroatoms. The number of alkyl halides is 3. The molecule has 2 fully saturated rings. The molecule has 0 aliphatic carbocycles. The quantitative estimate of drug-likeness (QED) is 0.895. The van der Waals surface area contributed by atoms with Gasteiger partial charge in [0.2, 0.25) is 0 Å². The molecule has 2 aliphatic rings. The zero-order valence-corrected chi connectivity index (χ0v) is 10.2. The number of aliphatic hydroxyl groups excluding tert-OH is 1. The monoisotopic (exact) mass is 273 g/mol. The standard InChI is InChI=1S/C12H14F3N3O/c13-12(14,15)9-1-2-10(17-16-9)18-8-3-5-11(18,7-19)6-4-8/h1-2,8,19H,3-7H2. The Kier molecular flexibility index (Phi) is 2.70. The van der Waals surface area contributed by atoms with Gasteiger partial charge in [-0.25, -0.2) is 0 Å². The highest BCUT2D eigenvalue weighted by atomic mass is 19.4. The molecule has 0 aromatic carbocycles. The van der Waals surface area contributed by atoms with Crippen LogP contribution in [-0.2, 0) is 6.18 Å². The minimum absolute atomic E-state index is 0.00615. The van der Waals surface area contributed by atoms with Gasteiger partial charge in [0.25, 0.3) is 0 Å². The average molecular weight is 273 g/mol. The van der Waals surface area contributed by atoms with E-state index in [1.165, 1.54) is 6.07 Å². The van der Waals surface area contributed by atoms with E-state index in [2.05, 4.69) is 10.2 Å². The fourth-order valence-corrected chi connectivity index (χ4v) is 3.30. The van der Waals surface area contributed by atoms with Gasteiger partial charge in [-0.1, -0.05) is 0 Å². The van der Waals surface area contributed by atoms with E-state index in [1.54, 1.807) is 0 Å². The van der Waals surface area contributed by atoms with Gasteiger partial charge >= 0.3 is 6.18 Å². The van der Waals surface area contributed by atoms with Gasteiger partial charge in [-0.15, -0.1) is 10.2 Å². The molecule has 1 N–H and O–H groups in total. The highest BCUT2D eigenvalue weighted by Crippen LogP contribution is 2.48. The molecule has 2 saturated heterocycles. The first-order valence-electron chi connectivity index (χ1n) is 6.27. The molecule has 3 rings (SSSR count). The van der Waals surface area contributed by atoms with Gasteiger partial charge in [0.15, 0.2) is 11.5 Å². The van der Waals surface area contributed by atoms with Crippen molar-refractivity contribution in [3.8, 4) is 0 Å². The number of fused-ring (bicyclic) bond motifs is 2. The van der Waals surface area contributed by atoms with Crippen molar-refractivity contribution in [2.75, 3.05) is 11.5 Å². The van der Waals surface area contributed by atoms with Crippen molar-refractivity contribution < 1.29 is 18.3 Å². The molecule has 1 aromatic rings. The molecular formula is C12H14F3N3O. The van der Waals surface area contributed by atoms with Gasteiger partial charge in [-0.05, 0) is 37.8 Å². The van der Waals surface area contributed by atoms with Crippen molar-refractivity contribution in [1.82, 2.24) is 10.2 Å². The molecule has 0 radical (unpaired) electrons. The molecule has 4 nitrogen and oxygen atoms in total. The Bertz CT molecular complexity index is 466. The zero-order valence-electron chi connectivity index (χ0n) is 10.2. The predicted molar refractivity (Wildman–Crippen MR) is 61.6 cm³/mol. The van der Waals surface area contributed by atoms with E-state index in [0.717, 1.165) is 31.7 Å². The van der Waals surface area contributed by atoms with Crippen molar-refractivity contribution in [2.24, 2.45) is 0 Å². The summed E-state index contributed by atoms with van der Waals surface area (Å²) in [4.78, 5) is 1.96. The number of hydrogen-bond donors (Lipinski definition) is 1. The topological polar surface area (TPSA) is 49.2 Å². The third-order valence-corrected chi connectivity index (χ3v) is 4.24. The Balaban J connectivity index is 1.91. The zero-order chi connectivity index (χ0) is 13.7. The summed E-state index contributed by atoms with van der Waals surface area (Å²) in [5.41, 5.74) is -1.33. The molecular weight excluding hydrogens is 259 g/mol. The van der Waals surface area contributed by atoms with Crippen LogP contribution in [0.3, 0.4) is 0 Å². The molecule has 2 bridgehead atoms. The predicted octanol–water partition coefficient (Wildman–Crippen LogP) is 1.99. The Hall–Kier alpha value is -1.37. The first kappa shape index (κ1) is 12.7. The number of rotatable bonds is 2. The van der Waals surface area contributed by atoms with Crippen molar-refractivity contribution >= 4 is 5.82 Å². The number of aliphatic hydroxyl groups is 1. The number of nitrogens with zero attached hydrogens (tertiary/aromatic N) is 3. The van der Waals surface area contributed by atoms with Gasteiger partial charge in [0.1, 0.15) is 0 Å². The SMILES string of the molecule is OCC12CCC(CC1)N2c1ccc(C(F)(F)F)nn1. The second kappa shape index (κ2) is 4.06. The van der Waals surface area contributed by atoms with Crippen LogP contribution in [0, 0.1) is 0 Å². The normalized spacial score (nSPS) is 30.1. The van der Waals surface area contributed by atoms with Crippen LogP contribution in [0.4, 0.5) is 19.0 Å². The van der Waals surface area contributed by atoms with Crippen molar-refractivity contribution in [1.29, 1.82) is 0 Å². The first-order chi connectivity index (χ1) is 8.96. The maximum Gasteiger partial charge on any atom is 0.435 e. The van der Waals surface area contributed by atoms with Crippen molar-refractivity contribution in [2.45, 2.75) is 43.4 Å². The average Bonchev–Trinajstić information content (AvgIpc) is 2.93. The molecule has 3 heterocycles. The van der Waals surface area contributed by atoms with Crippen LogP contribution in [0.1, 0.15) is 31.4 Å². The first-order valence-corrected chi connectivity index (χ1v) is 6.27. The lowest BCUT2D eigenvalue weighted by molar-refractivity contribution is -0.141. The summed E-state index contributed by atoms with van der Waals surface area (Å²) in [5, 5.41) is 16.6.